The minimum atomic E-state index is 0.231. The molecule has 1 N–H and O–H groups in total. The Bertz CT molecular complexity index is 595. The summed E-state index contributed by atoms with van der Waals surface area (Å²) in [7, 11) is 0. The van der Waals surface area contributed by atoms with E-state index in [4.69, 9.17) is 11.6 Å². The van der Waals surface area contributed by atoms with Crippen LogP contribution in [0.5, 0.6) is 0 Å². The van der Waals surface area contributed by atoms with Crippen LogP contribution in [0.3, 0.4) is 0 Å². The number of aryl methyl sites for hydroxylation is 2. The van der Waals surface area contributed by atoms with Crippen LogP contribution in [0.1, 0.15) is 29.7 Å². The van der Waals surface area contributed by atoms with E-state index in [1.165, 1.54) is 16.7 Å². The molecule has 0 saturated heterocycles. The molecule has 1 nitrogen and oxygen atoms in total. The van der Waals surface area contributed by atoms with Crippen molar-refractivity contribution in [1.29, 1.82) is 0 Å². The molecule has 0 aliphatic rings. The summed E-state index contributed by atoms with van der Waals surface area (Å²) >= 11 is 9.57. The van der Waals surface area contributed by atoms with Crippen LogP contribution in [0.15, 0.2) is 40.9 Å². The van der Waals surface area contributed by atoms with Gasteiger partial charge in [-0.2, -0.15) is 0 Å². The smallest absolute Gasteiger partial charge is 0.0504 e. The van der Waals surface area contributed by atoms with Crippen LogP contribution < -0.4 is 5.32 Å². The van der Waals surface area contributed by atoms with Gasteiger partial charge in [-0.05, 0) is 71.6 Å². The van der Waals surface area contributed by atoms with Gasteiger partial charge in [0.2, 0.25) is 0 Å². The molecule has 0 amide bonds. The molecule has 1 atom stereocenters. The van der Waals surface area contributed by atoms with E-state index in [-0.39, 0.29) is 6.04 Å². The van der Waals surface area contributed by atoms with Crippen LogP contribution >= 0.6 is 27.5 Å². The minimum Gasteiger partial charge on any atom is -0.378 e. The molecular formula is C16H17BrClN. The third kappa shape index (κ3) is 3.52. The summed E-state index contributed by atoms with van der Waals surface area (Å²) in [6, 6.07) is 12.5. The molecule has 2 aromatic carbocycles. The van der Waals surface area contributed by atoms with E-state index in [0.29, 0.717) is 0 Å². The Morgan fingerprint density at radius 1 is 1.05 bits per heavy atom. The maximum Gasteiger partial charge on any atom is 0.0504 e. The third-order valence-corrected chi connectivity index (χ3v) is 4.26. The van der Waals surface area contributed by atoms with Gasteiger partial charge in [-0.1, -0.05) is 29.8 Å². The lowest BCUT2D eigenvalue weighted by atomic mass is 10.0. The first-order valence-electron chi connectivity index (χ1n) is 6.26. The second kappa shape index (κ2) is 5.98. The Kier molecular flexibility index (Phi) is 4.54. The summed E-state index contributed by atoms with van der Waals surface area (Å²) in [5, 5.41) is 4.22. The van der Waals surface area contributed by atoms with Gasteiger partial charge in [-0.25, -0.2) is 0 Å². The summed E-state index contributed by atoms with van der Waals surface area (Å²) in [4.78, 5) is 0. The Labute approximate surface area is 128 Å². The first-order chi connectivity index (χ1) is 8.97. The number of nitrogens with one attached hydrogen (secondary N) is 1. The Morgan fingerprint density at radius 2 is 1.79 bits per heavy atom. The fraction of sp³-hybridized carbons (Fsp3) is 0.250. The Morgan fingerprint density at radius 3 is 2.47 bits per heavy atom. The molecule has 0 spiro atoms. The van der Waals surface area contributed by atoms with Crippen molar-refractivity contribution in [2.75, 3.05) is 5.32 Å². The summed E-state index contributed by atoms with van der Waals surface area (Å²) in [5.41, 5.74) is 4.92. The normalized spacial score (nSPS) is 12.3. The quantitative estimate of drug-likeness (QED) is 0.735. The van der Waals surface area contributed by atoms with Gasteiger partial charge in [-0.15, -0.1) is 0 Å². The summed E-state index contributed by atoms with van der Waals surface area (Å²) in [6.45, 7) is 6.42. The van der Waals surface area contributed by atoms with Crippen molar-refractivity contribution in [3.05, 3.63) is 62.6 Å². The maximum atomic E-state index is 6.03. The number of halogens is 2. The van der Waals surface area contributed by atoms with Crippen LogP contribution in [-0.4, -0.2) is 0 Å². The highest BCUT2D eigenvalue weighted by molar-refractivity contribution is 9.10. The van der Waals surface area contributed by atoms with Gasteiger partial charge in [0.1, 0.15) is 0 Å². The van der Waals surface area contributed by atoms with Gasteiger partial charge in [0.05, 0.1) is 5.69 Å². The number of anilines is 1. The van der Waals surface area contributed by atoms with Gasteiger partial charge in [-0.3, -0.25) is 0 Å². The number of rotatable bonds is 3. The van der Waals surface area contributed by atoms with E-state index in [1.54, 1.807) is 0 Å². The first-order valence-corrected chi connectivity index (χ1v) is 7.43. The highest BCUT2D eigenvalue weighted by Gasteiger charge is 2.08. The predicted molar refractivity (Wildman–Crippen MR) is 87.1 cm³/mol. The number of benzene rings is 2. The van der Waals surface area contributed by atoms with Gasteiger partial charge in [0.25, 0.3) is 0 Å². The van der Waals surface area contributed by atoms with Crippen molar-refractivity contribution in [2.24, 2.45) is 0 Å². The molecule has 0 saturated carbocycles. The largest absolute Gasteiger partial charge is 0.378 e. The predicted octanol–water partition coefficient (Wildman–Crippen LogP) is 5.89. The summed E-state index contributed by atoms with van der Waals surface area (Å²) in [6.07, 6.45) is 0. The topological polar surface area (TPSA) is 12.0 Å². The van der Waals surface area contributed by atoms with Gasteiger partial charge >= 0.3 is 0 Å². The molecule has 0 radical (unpaired) electrons. The third-order valence-electron chi connectivity index (χ3n) is 3.33. The molecule has 1 unspecified atom stereocenters. The molecular weight excluding hydrogens is 322 g/mol. The van der Waals surface area contributed by atoms with Gasteiger partial charge < -0.3 is 5.32 Å². The lowest BCUT2D eigenvalue weighted by molar-refractivity contribution is 0.880. The zero-order chi connectivity index (χ0) is 14.0. The standard InChI is InChI=1S/C16H17BrClN/c1-10-4-5-13(8-11(10)2)12(3)19-16-9-14(18)6-7-15(16)17/h4-9,12,19H,1-3H3. The molecule has 2 aromatic rings. The fourth-order valence-electron chi connectivity index (χ4n) is 1.96. The minimum absolute atomic E-state index is 0.231. The maximum absolute atomic E-state index is 6.03. The molecule has 0 heterocycles. The monoisotopic (exact) mass is 337 g/mol. The van der Waals surface area contributed by atoms with Crippen molar-refractivity contribution in [3.8, 4) is 0 Å². The molecule has 0 aliphatic carbocycles. The summed E-state index contributed by atoms with van der Waals surface area (Å²) in [5.74, 6) is 0. The first kappa shape index (κ1) is 14.4. The van der Waals surface area contributed by atoms with Gasteiger partial charge in [0, 0.05) is 15.5 Å². The van der Waals surface area contributed by atoms with E-state index >= 15 is 0 Å². The van der Waals surface area contributed by atoms with E-state index in [2.05, 4.69) is 60.2 Å². The molecule has 0 bridgehead atoms. The molecule has 0 aliphatic heterocycles. The van der Waals surface area contributed by atoms with Crippen molar-refractivity contribution < 1.29 is 0 Å². The van der Waals surface area contributed by atoms with Crippen molar-refractivity contribution in [2.45, 2.75) is 26.8 Å². The highest BCUT2D eigenvalue weighted by atomic mass is 79.9. The van der Waals surface area contributed by atoms with Crippen molar-refractivity contribution >= 4 is 33.2 Å². The van der Waals surface area contributed by atoms with Crippen LogP contribution in [0.2, 0.25) is 5.02 Å². The van der Waals surface area contributed by atoms with E-state index in [0.717, 1.165) is 15.2 Å². The number of hydrogen-bond donors (Lipinski definition) is 1. The lowest BCUT2D eigenvalue weighted by Crippen LogP contribution is -2.07. The van der Waals surface area contributed by atoms with Crippen molar-refractivity contribution in [1.82, 2.24) is 0 Å². The highest BCUT2D eigenvalue weighted by Crippen LogP contribution is 2.29. The van der Waals surface area contributed by atoms with Gasteiger partial charge in [0.15, 0.2) is 0 Å². The lowest BCUT2D eigenvalue weighted by Gasteiger charge is -2.18. The summed E-state index contributed by atoms with van der Waals surface area (Å²) < 4.78 is 1.02. The molecule has 2 rings (SSSR count). The molecule has 19 heavy (non-hydrogen) atoms. The second-order valence-electron chi connectivity index (χ2n) is 4.83. The van der Waals surface area contributed by atoms with Crippen LogP contribution in [0, 0.1) is 13.8 Å². The number of hydrogen-bond acceptors (Lipinski definition) is 1. The van der Waals surface area contributed by atoms with Crippen LogP contribution in [-0.2, 0) is 0 Å². The fourth-order valence-corrected chi connectivity index (χ4v) is 2.49. The SMILES string of the molecule is Cc1ccc(C(C)Nc2cc(Cl)ccc2Br)cc1C. The second-order valence-corrected chi connectivity index (χ2v) is 6.12. The molecule has 3 heteroatoms. The van der Waals surface area contributed by atoms with E-state index < -0.39 is 0 Å². The van der Waals surface area contributed by atoms with Crippen molar-refractivity contribution in [3.63, 3.8) is 0 Å². The molecule has 0 aromatic heterocycles. The average molecular weight is 339 g/mol. The van der Waals surface area contributed by atoms with Crippen LogP contribution in [0.25, 0.3) is 0 Å². The van der Waals surface area contributed by atoms with Crippen LogP contribution in [0.4, 0.5) is 5.69 Å². The van der Waals surface area contributed by atoms with E-state index in [1.807, 2.05) is 18.2 Å². The molecule has 0 fully saturated rings. The molecule has 100 valence electrons. The zero-order valence-corrected chi connectivity index (χ0v) is 13.6. The average Bonchev–Trinajstić information content (AvgIpc) is 2.37. The Balaban J connectivity index is 2.22. The zero-order valence-electron chi connectivity index (χ0n) is 11.3. The van der Waals surface area contributed by atoms with E-state index in [9.17, 15) is 0 Å². The Hall–Kier alpha value is -0.990.